The summed E-state index contributed by atoms with van der Waals surface area (Å²) in [7, 11) is 0.701. The van der Waals surface area contributed by atoms with Gasteiger partial charge < -0.3 is 0 Å². The van der Waals surface area contributed by atoms with Gasteiger partial charge in [0, 0.05) is 6.21 Å². The van der Waals surface area contributed by atoms with Gasteiger partial charge in [-0.1, -0.05) is 11.4 Å². The van der Waals surface area contributed by atoms with Gasteiger partial charge in [-0.25, -0.2) is 0 Å². The highest BCUT2D eigenvalue weighted by atomic mass is 32.7. The molecule has 1 nitrogen and oxygen atoms in total. The Balaban J connectivity index is 2.46. The third-order valence-corrected chi connectivity index (χ3v) is 2.11. The van der Waals surface area contributed by atoms with Gasteiger partial charge in [-0.3, -0.25) is 4.76 Å². The van der Waals surface area contributed by atoms with Crippen molar-refractivity contribution in [3.8, 4) is 0 Å². The highest BCUT2D eigenvalue weighted by Crippen LogP contribution is 2.32. The molecule has 0 amide bonds. The van der Waals surface area contributed by atoms with Crippen molar-refractivity contribution in [2.45, 2.75) is 0 Å². The summed E-state index contributed by atoms with van der Waals surface area (Å²) < 4.78 is 3.96. The second-order valence-electron chi connectivity index (χ2n) is 0.816. The molecule has 0 saturated heterocycles. The van der Waals surface area contributed by atoms with Gasteiger partial charge in [0.25, 0.3) is 0 Å². The predicted molar refractivity (Wildman–Crippen MR) is 33.5 cm³/mol. The van der Waals surface area contributed by atoms with Crippen molar-refractivity contribution in [3.63, 3.8) is 0 Å². The third-order valence-electron chi connectivity index (χ3n) is 0.413. The van der Waals surface area contributed by atoms with E-state index >= 15 is 0 Å². The summed E-state index contributed by atoms with van der Waals surface area (Å²) in [5, 5.41) is 2.05. The Labute approximate surface area is 42.5 Å². The number of hydrogen-bond acceptors (Lipinski definition) is 2. The molecule has 3 heteroatoms. The minimum Gasteiger partial charge on any atom is -0.261 e. The van der Waals surface area contributed by atoms with Gasteiger partial charge in [0.15, 0.2) is 0 Å². The van der Waals surface area contributed by atoms with Crippen LogP contribution < -0.4 is 0 Å². The van der Waals surface area contributed by atoms with Crippen LogP contribution in [0.1, 0.15) is 0 Å². The van der Waals surface area contributed by atoms with Gasteiger partial charge in [-0.05, 0) is 11.5 Å². The molecule has 0 N–H and O–H groups in total. The predicted octanol–water partition coefficient (Wildman–Crippen LogP) is 1.83. The molecule has 0 radical (unpaired) electrons. The van der Waals surface area contributed by atoms with Crippen LogP contribution in [0.3, 0.4) is 0 Å². The summed E-state index contributed by atoms with van der Waals surface area (Å²) in [6.07, 6.45) is 3.77. The lowest BCUT2D eigenvalue weighted by molar-refractivity contribution is 1.98. The van der Waals surface area contributed by atoms with Crippen LogP contribution in [0.4, 0.5) is 0 Å². The summed E-state index contributed by atoms with van der Waals surface area (Å²) >= 11 is 1.74. The largest absolute Gasteiger partial charge is 0.261 e. The van der Waals surface area contributed by atoms with E-state index in [2.05, 4.69) is 4.76 Å². The van der Waals surface area contributed by atoms with E-state index < -0.39 is 0 Å². The summed E-state index contributed by atoms with van der Waals surface area (Å²) in [6, 6.07) is 0. The van der Waals surface area contributed by atoms with Crippen molar-refractivity contribution in [2.24, 2.45) is 4.76 Å². The fourth-order valence-corrected chi connectivity index (χ4v) is 1.41. The first-order valence-corrected chi connectivity index (χ1v) is 4.14. The molecule has 1 aliphatic heterocycles. The average molecular weight is 117 g/mol. The number of nitrogens with zero attached hydrogens (tertiary/aromatic N) is 1. The minimum atomic E-state index is 0.701. The third kappa shape index (κ3) is 1.11. The molecule has 0 bridgehead atoms. The molecule has 1 rings (SSSR count). The Morgan fingerprint density at radius 3 is 2.83 bits per heavy atom. The molecule has 0 aliphatic carbocycles. The Bertz CT molecular complexity index is 76.8. The van der Waals surface area contributed by atoms with E-state index in [-0.39, 0.29) is 0 Å². The van der Waals surface area contributed by atoms with Crippen LogP contribution in [0, 0.1) is 0 Å². The first-order chi connectivity index (χ1) is 3.00. The van der Waals surface area contributed by atoms with Crippen LogP contribution in [0.25, 0.3) is 0 Å². The van der Waals surface area contributed by atoms with E-state index in [1.165, 1.54) is 0 Å². The zero-order valence-electron chi connectivity index (χ0n) is 3.09. The van der Waals surface area contributed by atoms with Crippen LogP contribution in [0.5, 0.6) is 0 Å². The molecule has 1 aliphatic rings. The standard InChI is InChI=1S/C3H4NPS/c1-2-4-5-6-3-1/h1-3,5H. The van der Waals surface area contributed by atoms with Crippen LogP contribution >= 0.6 is 19.3 Å². The molecule has 1 unspecified atom stereocenters. The average Bonchev–Trinajstić information content (AvgIpc) is 1.72. The number of rotatable bonds is 0. The Morgan fingerprint density at radius 1 is 1.67 bits per heavy atom. The summed E-state index contributed by atoms with van der Waals surface area (Å²) in [6.45, 7) is 0. The van der Waals surface area contributed by atoms with Crippen LogP contribution in [0.2, 0.25) is 0 Å². The minimum absolute atomic E-state index is 0.701. The van der Waals surface area contributed by atoms with Gasteiger partial charge in [-0.2, -0.15) is 0 Å². The van der Waals surface area contributed by atoms with Crippen LogP contribution in [0.15, 0.2) is 16.2 Å². The van der Waals surface area contributed by atoms with Crippen molar-refractivity contribution in [1.29, 1.82) is 0 Å². The van der Waals surface area contributed by atoms with Crippen LogP contribution in [-0.4, -0.2) is 6.21 Å². The second kappa shape index (κ2) is 2.38. The van der Waals surface area contributed by atoms with Crippen molar-refractivity contribution in [3.05, 3.63) is 11.5 Å². The van der Waals surface area contributed by atoms with Gasteiger partial charge in [0.2, 0.25) is 0 Å². The Morgan fingerprint density at radius 2 is 2.67 bits per heavy atom. The molecule has 0 aromatic rings. The van der Waals surface area contributed by atoms with Crippen molar-refractivity contribution >= 4 is 25.5 Å². The SMILES string of the molecule is C1=CSPN=C1. The molecule has 0 aromatic heterocycles. The quantitative estimate of drug-likeness (QED) is 0.441. The molecule has 0 fully saturated rings. The van der Waals surface area contributed by atoms with Gasteiger partial charge in [0.05, 0.1) is 7.93 Å². The molecule has 6 heavy (non-hydrogen) atoms. The van der Waals surface area contributed by atoms with E-state index in [9.17, 15) is 0 Å². The molecular weight excluding hydrogens is 113 g/mol. The van der Waals surface area contributed by atoms with E-state index in [4.69, 9.17) is 0 Å². The Hall–Kier alpha value is 0.190. The van der Waals surface area contributed by atoms with Gasteiger partial charge >= 0.3 is 0 Å². The Kier molecular flexibility index (Phi) is 1.72. The first-order valence-electron chi connectivity index (χ1n) is 1.59. The number of allylic oxidation sites excluding steroid dienone is 1. The van der Waals surface area contributed by atoms with E-state index in [1.807, 2.05) is 17.7 Å². The molecular formula is C3H4NPS. The molecule has 1 heterocycles. The summed E-state index contributed by atoms with van der Waals surface area (Å²) in [5.74, 6) is 0. The van der Waals surface area contributed by atoms with E-state index in [1.54, 1.807) is 11.4 Å². The zero-order valence-corrected chi connectivity index (χ0v) is 4.90. The van der Waals surface area contributed by atoms with E-state index in [0.717, 1.165) is 0 Å². The van der Waals surface area contributed by atoms with Crippen molar-refractivity contribution < 1.29 is 0 Å². The maximum Gasteiger partial charge on any atom is 0.0648 e. The summed E-state index contributed by atoms with van der Waals surface area (Å²) in [5.41, 5.74) is 0. The smallest absolute Gasteiger partial charge is 0.0648 e. The van der Waals surface area contributed by atoms with Crippen molar-refractivity contribution in [2.75, 3.05) is 0 Å². The topological polar surface area (TPSA) is 12.4 Å². The lowest BCUT2D eigenvalue weighted by Gasteiger charge is -1.88. The fourth-order valence-electron chi connectivity index (χ4n) is 0.209. The highest BCUT2D eigenvalue weighted by Gasteiger charge is 1.78. The van der Waals surface area contributed by atoms with Crippen molar-refractivity contribution in [1.82, 2.24) is 0 Å². The normalized spacial score (nSPS) is 22.7. The number of hydrogen-bond donors (Lipinski definition) is 0. The lowest BCUT2D eigenvalue weighted by Crippen LogP contribution is -1.58. The first kappa shape index (κ1) is 4.35. The molecule has 0 spiro atoms. The molecule has 1 atom stereocenters. The second-order valence-corrected chi connectivity index (χ2v) is 3.02. The molecule has 32 valence electrons. The molecule has 0 saturated carbocycles. The summed E-state index contributed by atoms with van der Waals surface area (Å²) in [4.78, 5) is 0. The zero-order chi connectivity index (χ0) is 4.24. The maximum absolute atomic E-state index is 3.96. The lowest BCUT2D eigenvalue weighted by atomic mass is 10.7. The van der Waals surface area contributed by atoms with E-state index in [0.29, 0.717) is 7.93 Å². The van der Waals surface area contributed by atoms with Gasteiger partial charge in [-0.15, -0.1) is 0 Å². The maximum atomic E-state index is 3.96. The fraction of sp³-hybridized carbons (Fsp3) is 0. The molecule has 0 aromatic carbocycles. The van der Waals surface area contributed by atoms with Crippen LogP contribution in [-0.2, 0) is 0 Å². The monoisotopic (exact) mass is 117 g/mol. The van der Waals surface area contributed by atoms with Gasteiger partial charge in [0.1, 0.15) is 0 Å². The highest BCUT2D eigenvalue weighted by molar-refractivity contribution is 8.50.